The Labute approximate surface area is 170 Å². The number of nitrogens with zero attached hydrogens (tertiary/aromatic N) is 1. The lowest BCUT2D eigenvalue weighted by atomic mass is 10.0. The van der Waals surface area contributed by atoms with E-state index in [1.807, 2.05) is 42.5 Å². The second-order valence-electron chi connectivity index (χ2n) is 6.83. The number of benzene rings is 3. The first kappa shape index (κ1) is 20.3. The van der Waals surface area contributed by atoms with E-state index < -0.39 is 6.04 Å². The zero-order chi connectivity index (χ0) is 20.8. The Hall–Kier alpha value is -3.47. The summed E-state index contributed by atoms with van der Waals surface area (Å²) in [6.45, 7) is 1.59. The van der Waals surface area contributed by atoms with Crippen LogP contribution >= 0.6 is 0 Å². The van der Waals surface area contributed by atoms with Crippen LogP contribution in [-0.4, -0.2) is 30.3 Å². The molecule has 0 heterocycles. The maximum Gasteiger partial charge on any atom is 0.251 e. The molecule has 1 atom stereocenters. The molecule has 0 aromatic heterocycles. The fraction of sp³-hybridized carbons (Fsp3) is 0.167. The lowest BCUT2D eigenvalue weighted by Crippen LogP contribution is -2.39. The molecule has 0 saturated carbocycles. The zero-order valence-corrected chi connectivity index (χ0v) is 16.4. The van der Waals surface area contributed by atoms with Gasteiger partial charge in [-0.2, -0.15) is 0 Å². The van der Waals surface area contributed by atoms with Gasteiger partial charge >= 0.3 is 0 Å². The van der Waals surface area contributed by atoms with Crippen molar-refractivity contribution >= 4 is 11.8 Å². The molecule has 0 fully saturated rings. The van der Waals surface area contributed by atoms with Gasteiger partial charge in [0.25, 0.3) is 5.91 Å². The highest BCUT2D eigenvalue weighted by Crippen LogP contribution is 2.22. The molecule has 0 spiro atoms. The fourth-order valence-corrected chi connectivity index (χ4v) is 3.07. The van der Waals surface area contributed by atoms with Crippen LogP contribution in [0.25, 0.3) is 11.1 Å². The summed E-state index contributed by atoms with van der Waals surface area (Å²) >= 11 is 0. The van der Waals surface area contributed by atoms with Gasteiger partial charge in [-0.3, -0.25) is 9.59 Å². The van der Waals surface area contributed by atoms with Gasteiger partial charge in [0.15, 0.2) is 0 Å². The van der Waals surface area contributed by atoms with Gasteiger partial charge in [-0.15, -0.1) is 0 Å². The number of amides is 2. The Morgan fingerprint density at radius 3 is 2.14 bits per heavy atom. The molecule has 3 rings (SSSR count). The maximum atomic E-state index is 13.9. The van der Waals surface area contributed by atoms with E-state index in [9.17, 15) is 14.0 Å². The van der Waals surface area contributed by atoms with Crippen LogP contribution in [0.2, 0.25) is 0 Å². The molecular formula is C24H23FN2O2. The van der Waals surface area contributed by atoms with Gasteiger partial charge in [0.1, 0.15) is 5.82 Å². The van der Waals surface area contributed by atoms with Crippen molar-refractivity contribution in [3.63, 3.8) is 0 Å². The maximum absolute atomic E-state index is 13.9. The summed E-state index contributed by atoms with van der Waals surface area (Å²) in [5.41, 5.74) is 2.99. The molecule has 0 aliphatic heterocycles. The molecule has 0 radical (unpaired) electrons. The lowest BCUT2D eigenvalue weighted by Gasteiger charge is -2.25. The first-order chi connectivity index (χ1) is 14.0. The number of nitrogens with one attached hydrogen (secondary N) is 1. The van der Waals surface area contributed by atoms with Crippen LogP contribution in [-0.2, 0) is 4.79 Å². The van der Waals surface area contributed by atoms with Crippen LogP contribution in [0.1, 0.15) is 28.9 Å². The van der Waals surface area contributed by atoms with Crippen LogP contribution in [0, 0.1) is 5.82 Å². The molecule has 3 aromatic carbocycles. The summed E-state index contributed by atoms with van der Waals surface area (Å²) in [5.74, 6) is -0.984. The fourth-order valence-electron chi connectivity index (χ4n) is 3.07. The molecular weight excluding hydrogens is 367 g/mol. The van der Waals surface area contributed by atoms with Crippen LogP contribution in [0.4, 0.5) is 4.39 Å². The standard InChI is InChI=1S/C24H23FN2O2/c1-17(21-10-6-7-11-22(21)25)27(2)23(28)16-26-24(29)20-14-12-19(13-15-20)18-8-4-3-5-9-18/h3-15,17H,16H2,1-2H3,(H,26,29). The van der Waals surface area contributed by atoms with Crippen molar-refractivity contribution in [2.24, 2.45) is 0 Å². The van der Waals surface area contributed by atoms with Crippen LogP contribution < -0.4 is 5.32 Å². The van der Waals surface area contributed by atoms with Crippen molar-refractivity contribution in [1.82, 2.24) is 10.2 Å². The number of rotatable bonds is 6. The third kappa shape index (κ3) is 4.88. The normalized spacial score (nSPS) is 11.6. The van der Waals surface area contributed by atoms with Gasteiger partial charge in [0, 0.05) is 18.2 Å². The third-order valence-corrected chi connectivity index (χ3v) is 4.98. The van der Waals surface area contributed by atoms with Crippen LogP contribution in [0.15, 0.2) is 78.9 Å². The average Bonchev–Trinajstić information content (AvgIpc) is 2.77. The summed E-state index contributed by atoms with van der Waals surface area (Å²) in [5, 5.41) is 2.64. The number of carbonyl (C=O) groups excluding carboxylic acids is 2. The number of carbonyl (C=O) groups is 2. The molecule has 4 nitrogen and oxygen atoms in total. The molecule has 0 bridgehead atoms. The molecule has 148 valence electrons. The zero-order valence-electron chi connectivity index (χ0n) is 16.4. The SMILES string of the molecule is CC(c1ccccc1F)N(C)C(=O)CNC(=O)c1ccc(-c2ccccc2)cc1. The molecule has 3 aromatic rings. The second kappa shape index (κ2) is 9.15. The van der Waals surface area contributed by atoms with Gasteiger partial charge in [-0.1, -0.05) is 60.7 Å². The van der Waals surface area contributed by atoms with E-state index in [0.717, 1.165) is 11.1 Å². The minimum Gasteiger partial charge on any atom is -0.343 e. The molecule has 0 saturated heterocycles. The predicted octanol–water partition coefficient (Wildman–Crippen LogP) is 4.44. The Balaban J connectivity index is 1.58. The number of likely N-dealkylation sites (N-methyl/N-ethyl adjacent to an activating group) is 1. The monoisotopic (exact) mass is 390 g/mol. The number of hydrogen-bond acceptors (Lipinski definition) is 2. The van der Waals surface area contributed by atoms with Crippen molar-refractivity contribution in [3.8, 4) is 11.1 Å². The van der Waals surface area contributed by atoms with Gasteiger partial charge in [-0.25, -0.2) is 4.39 Å². The number of halogens is 1. The van der Waals surface area contributed by atoms with Crippen molar-refractivity contribution in [2.45, 2.75) is 13.0 Å². The van der Waals surface area contributed by atoms with E-state index in [-0.39, 0.29) is 24.2 Å². The Kier molecular flexibility index (Phi) is 6.39. The minimum absolute atomic E-state index is 0.158. The molecule has 0 aliphatic carbocycles. The summed E-state index contributed by atoms with van der Waals surface area (Å²) in [6.07, 6.45) is 0. The highest BCUT2D eigenvalue weighted by molar-refractivity contribution is 5.96. The van der Waals surface area contributed by atoms with Crippen molar-refractivity contribution in [2.75, 3.05) is 13.6 Å². The van der Waals surface area contributed by atoms with Gasteiger partial charge < -0.3 is 10.2 Å². The molecule has 1 N–H and O–H groups in total. The van der Waals surface area contributed by atoms with E-state index in [0.29, 0.717) is 11.1 Å². The van der Waals surface area contributed by atoms with E-state index in [4.69, 9.17) is 0 Å². The van der Waals surface area contributed by atoms with Crippen LogP contribution in [0.3, 0.4) is 0 Å². The van der Waals surface area contributed by atoms with E-state index >= 15 is 0 Å². The molecule has 1 unspecified atom stereocenters. The Morgan fingerprint density at radius 1 is 0.897 bits per heavy atom. The average molecular weight is 390 g/mol. The summed E-state index contributed by atoms with van der Waals surface area (Å²) < 4.78 is 13.9. The first-order valence-corrected chi connectivity index (χ1v) is 9.41. The highest BCUT2D eigenvalue weighted by atomic mass is 19.1. The minimum atomic E-state index is -0.439. The van der Waals surface area contributed by atoms with E-state index in [1.54, 1.807) is 44.3 Å². The quantitative estimate of drug-likeness (QED) is 0.676. The van der Waals surface area contributed by atoms with E-state index in [2.05, 4.69) is 5.32 Å². The summed E-state index contributed by atoms with van der Waals surface area (Å²) in [4.78, 5) is 26.2. The third-order valence-electron chi connectivity index (χ3n) is 4.98. The molecule has 0 aliphatic rings. The van der Waals surface area contributed by atoms with Crippen LogP contribution in [0.5, 0.6) is 0 Å². The lowest BCUT2D eigenvalue weighted by molar-refractivity contribution is -0.130. The summed E-state index contributed by atoms with van der Waals surface area (Å²) in [7, 11) is 1.60. The van der Waals surface area contributed by atoms with Crippen molar-refractivity contribution in [1.29, 1.82) is 0 Å². The first-order valence-electron chi connectivity index (χ1n) is 9.41. The molecule has 29 heavy (non-hydrogen) atoms. The topological polar surface area (TPSA) is 49.4 Å². The predicted molar refractivity (Wildman–Crippen MR) is 112 cm³/mol. The Morgan fingerprint density at radius 2 is 1.48 bits per heavy atom. The highest BCUT2D eigenvalue weighted by Gasteiger charge is 2.20. The molecule has 5 heteroatoms. The van der Waals surface area contributed by atoms with Gasteiger partial charge in [0.2, 0.25) is 5.91 Å². The van der Waals surface area contributed by atoms with Crippen molar-refractivity contribution in [3.05, 3.63) is 95.8 Å². The van der Waals surface area contributed by atoms with E-state index in [1.165, 1.54) is 11.0 Å². The van der Waals surface area contributed by atoms with Gasteiger partial charge in [0.05, 0.1) is 12.6 Å². The summed E-state index contributed by atoms with van der Waals surface area (Å²) in [6, 6.07) is 23.0. The second-order valence-corrected chi connectivity index (χ2v) is 6.83. The molecule has 2 amide bonds. The van der Waals surface area contributed by atoms with Crippen molar-refractivity contribution < 1.29 is 14.0 Å². The Bertz CT molecular complexity index is 987. The van der Waals surface area contributed by atoms with Gasteiger partial charge in [-0.05, 0) is 36.2 Å². The number of hydrogen-bond donors (Lipinski definition) is 1. The largest absolute Gasteiger partial charge is 0.343 e. The smallest absolute Gasteiger partial charge is 0.251 e.